The molecule has 3 atom stereocenters. The molecule has 124 valence electrons. The highest BCUT2D eigenvalue weighted by atomic mass is 16.6. The lowest BCUT2D eigenvalue weighted by Gasteiger charge is -2.20. The first-order valence-corrected chi connectivity index (χ1v) is 8.68. The maximum atomic E-state index is 12.8. The second-order valence-electron chi connectivity index (χ2n) is 6.68. The van der Waals surface area contributed by atoms with Crippen LogP contribution in [0.2, 0.25) is 0 Å². The summed E-state index contributed by atoms with van der Waals surface area (Å²) in [6.07, 6.45) is 2.35. The molecule has 2 aromatic rings. The molecule has 0 aromatic heterocycles. The smallest absolute Gasteiger partial charge is 0.261 e. The van der Waals surface area contributed by atoms with E-state index < -0.39 is 0 Å². The molecular weight excluding hydrogens is 302 g/mol. The number of epoxide rings is 1. The highest BCUT2D eigenvalue weighted by Gasteiger charge is 2.45. The topological polar surface area (TPSA) is 49.9 Å². The Morgan fingerprint density at radius 1 is 1.04 bits per heavy atom. The van der Waals surface area contributed by atoms with Crippen LogP contribution in [0.5, 0.6) is 0 Å². The monoisotopic (exact) mass is 323 g/mol. The van der Waals surface area contributed by atoms with E-state index in [2.05, 4.69) is 13.8 Å². The Morgan fingerprint density at radius 3 is 2.08 bits per heavy atom. The molecule has 2 heterocycles. The highest BCUT2D eigenvalue weighted by molar-refractivity contribution is 6.23. The van der Waals surface area contributed by atoms with E-state index in [4.69, 9.17) is 4.74 Å². The van der Waals surface area contributed by atoms with Crippen LogP contribution in [0.25, 0.3) is 10.8 Å². The molecule has 0 N–H and O–H groups in total. The second kappa shape index (κ2) is 5.71. The van der Waals surface area contributed by atoms with Gasteiger partial charge in [0.25, 0.3) is 11.8 Å². The van der Waals surface area contributed by atoms with Gasteiger partial charge in [-0.3, -0.25) is 14.5 Å². The van der Waals surface area contributed by atoms with Crippen molar-refractivity contribution in [3.63, 3.8) is 0 Å². The predicted molar refractivity (Wildman–Crippen MR) is 92.0 cm³/mol. The number of fused-ring (bicyclic) bond motifs is 2. The Kier molecular flexibility index (Phi) is 3.65. The highest BCUT2D eigenvalue weighted by Crippen LogP contribution is 2.36. The van der Waals surface area contributed by atoms with Crippen molar-refractivity contribution in [1.82, 2.24) is 4.90 Å². The molecule has 0 aliphatic carbocycles. The molecule has 2 aromatic carbocycles. The Hall–Kier alpha value is -2.20. The first-order valence-electron chi connectivity index (χ1n) is 8.68. The van der Waals surface area contributed by atoms with Crippen LogP contribution in [-0.4, -0.2) is 35.5 Å². The fourth-order valence-electron chi connectivity index (χ4n) is 3.74. The Balaban J connectivity index is 1.63. The second-order valence-corrected chi connectivity index (χ2v) is 6.68. The molecule has 1 saturated heterocycles. The molecule has 4 rings (SSSR count). The Bertz CT molecular complexity index is 774. The number of ether oxygens (including phenoxy) is 1. The van der Waals surface area contributed by atoms with Gasteiger partial charge in [-0.1, -0.05) is 38.1 Å². The number of hydrogen-bond acceptors (Lipinski definition) is 3. The summed E-state index contributed by atoms with van der Waals surface area (Å²) in [5.41, 5.74) is 1.05. The molecule has 2 aliphatic heterocycles. The number of carbonyl (C=O) groups excluding carboxylic acids is 2. The SMILES string of the molecule is CCC(CN1C(=O)c2cc3ccccc3cc2C1=O)C1OC1CC. The van der Waals surface area contributed by atoms with Crippen LogP contribution < -0.4 is 0 Å². The lowest BCUT2D eigenvalue weighted by atomic mass is 9.98. The van der Waals surface area contributed by atoms with Gasteiger partial charge in [0, 0.05) is 12.5 Å². The van der Waals surface area contributed by atoms with Crippen LogP contribution in [-0.2, 0) is 4.74 Å². The van der Waals surface area contributed by atoms with Gasteiger partial charge in [-0.15, -0.1) is 0 Å². The number of rotatable bonds is 5. The van der Waals surface area contributed by atoms with Crippen molar-refractivity contribution in [2.24, 2.45) is 5.92 Å². The Labute approximate surface area is 141 Å². The predicted octanol–water partition coefficient (Wildman–Crippen LogP) is 3.64. The summed E-state index contributed by atoms with van der Waals surface area (Å²) in [5.74, 6) is -0.132. The summed E-state index contributed by atoms with van der Waals surface area (Å²) in [7, 11) is 0. The number of hydrogen-bond donors (Lipinski definition) is 0. The van der Waals surface area contributed by atoms with Crippen molar-refractivity contribution in [3.05, 3.63) is 47.5 Å². The van der Waals surface area contributed by atoms with Gasteiger partial charge in [0.15, 0.2) is 0 Å². The molecule has 2 aliphatic rings. The van der Waals surface area contributed by atoms with Gasteiger partial charge in [0.05, 0.1) is 23.3 Å². The number of amides is 2. The van der Waals surface area contributed by atoms with E-state index in [1.807, 2.05) is 36.4 Å². The summed E-state index contributed by atoms with van der Waals surface area (Å²) in [6.45, 7) is 4.64. The van der Waals surface area contributed by atoms with E-state index in [0.29, 0.717) is 17.7 Å². The fraction of sp³-hybridized carbons (Fsp3) is 0.400. The maximum absolute atomic E-state index is 12.8. The first-order chi connectivity index (χ1) is 11.6. The summed E-state index contributed by atoms with van der Waals surface area (Å²) >= 11 is 0. The zero-order valence-electron chi connectivity index (χ0n) is 14.0. The number of carbonyl (C=O) groups is 2. The molecule has 4 heteroatoms. The summed E-state index contributed by atoms with van der Waals surface area (Å²) in [5, 5.41) is 1.98. The third-order valence-electron chi connectivity index (χ3n) is 5.27. The lowest BCUT2D eigenvalue weighted by Crippen LogP contribution is -2.36. The van der Waals surface area contributed by atoms with E-state index >= 15 is 0 Å². The number of benzene rings is 2. The maximum Gasteiger partial charge on any atom is 0.261 e. The minimum Gasteiger partial charge on any atom is -0.369 e. The van der Waals surface area contributed by atoms with E-state index in [1.165, 1.54) is 4.90 Å². The average Bonchev–Trinajstić information content (AvgIpc) is 3.36. The zero-order valence-corrected chi connectivity index (χ0v) is 14.0. The summed E-state index contributed by atoms with van der Waals surface area (Å²) in [4.78, 5) is 26.9. The molecule has 3 unspecified atom stereocenters. The van der Waals surface area contributed by atoms with Gasteiger partial charge in [0.1, 0.15) is 0 Å². The average molecular weight is 323 g/mol. The van der Waals surface area contributed by atoms with Crippen molar-refractivity contribution in [1.29, 1.82) is 0 Å². The molecule has 0 saturated carbocycles. The van der Waals surface area contributed by atoms with E-state index in [9.17, 15) is 9.59 Å². The zero-order chi connectivity index (χ0) is 16.8. The van der Waals surface area contributed by atoms with Crippen LogP contribution in [0, 0.1) is 5.92 Å². The van der Waals surface area contributed by atoms with Gasteiger partial charge >= 0.3 is 0 Å². The fourth-order valence-corrected chi connectivity index (χ4v) is 3.74. The third kappa shape index (κ3) is 2.33. The normalized spacial score (nSPS) is 23.7. The standard InChI is InChI=1S/C20H21NO3/c1-3-12(18-17(4-2)24-18)11-21-19(22)15-9-13-7-5-6-8-14(13)10-16(15)20(21)23/h5-10,12,17-18H,3-4,11H2,1-2H3. The van der Waals surface area contributed by atoms with Crippen LogP contribution in [0.4, 0.5) is 0 Å². The summed E-state index contributed by atoms with van der Waals surface area (Å²) < 4.78 is 5.69. The lowest BCUT2D eigenvalue weighted by molar-refractivity contribution is 0.0619. The third-order valence-corrected chi connectivity index (χ3v) is 5.27. The summed E-state index contributed by atoms with van der Waals surface area (Å²) in [6, 6.07) is 11.5. The van der Waals surface area contributed by atoms with Crippen molar-refractivity contribution in [2.75, 3.05) is 6.54 Å². The van der Waals surface area contributed by atoms with Gasteiger partial charge < -0.3 is 4.74 Å². The van der Waals surface area contributed by atoms with E-state index in [-0.39, 0.29) is 29.9 Å². The van der Waals surface area contributed by atoms with Crippen molar-refractivity contribution >= 4 is 22.6 Å². The molecule has 1 fully saturated rings. The van der Waals surface area contributed by atoms with Crippen LogP contribution in [0.3, 0.4) is 0 Å². The Morgan fingerprint density at radius 2 is 1.62 bits per heavy atom. The molecule has 4 nitrogen and oxygen atoms in total. The van der Waals surface area contributed by atoms with Crippen molar-refractivity contribution in [2.45, 2.75) is 38.9 Å². The minimum absolute atomic E-state index is 0.173. The number of imide groups is 1. The number of nitrogens with zero attached hydrogens (tertiary/aromatic N) is 1. The van der Waals surface area contributed by atoms with Crippen molar-refractivity contribution in [3.8, 4) is 0 Å². The largest absolute Gasteiger partial charge is 0.369 e. The van der Waals surface area contributed by atoms with Crippen molar-refractivity contribution < 1.29 is 14.3 Å². The van der Waals surface area contributed by atoms with Crippen LogP contribution >= 0.6 is 0 Å². The van der Waals surface area contributed by atoms with Gasteiger partial charge in [-0.25, -0.2) is 0 Å². The molecule has 0 spiro atoms. The van der Waals surface area contributed by atoms with Gasteiger partial charge in [-0.2, -0.15) is 0 Å². The van der Waals surface area contributed by atoms with Gasteiger partial charge in [0.2, 0.25) is 0 Å². The first kappa shape index (κ1) is 15.3. The molecule has 2 amide bonds. The van der Waals surface area contributed by atoms with E-state index in [1.54, 1.807) is 0 Å². The van der Waals surface area contributed by atoms with Gasteiger partial charge in [-0.05, 0) is 35.7 Å². The molecular formula is C20H21NO3. The minimum atomic E-state index is -0.173. The molecule has 0 radical (unpaired) electrons. The molecule has 0 bridgehead atoms. The van der Waals surface area contributed by atoms with Crippen LogP contribution in [0.1, 0.15) is 47.4 Å². The quantitative estimate of drug-likeness (QED) is 0.623. The van der Waals surface area contributed by atoms with Crippen LogP contribution in [0.15, 0.2) is 36.4 Å². The molecule has 24 heavy (non-hydrogen) atoms. The van der Waals surface area contributed by atoms with E-state index in [0.717, 1.165) is 23.6 Å².